The van der Waals surface area contributed by atoms with Gasteiger partial charge in [-0.15, -0.1) is 0 Å². The number of carbonyl (C=O) groups excluding carboxylic acids is 3. The Morgan fingerprint density at radius 2 is 1.79 bits per heavy atom. The maximum Gasteiger partial charge on any atom is 0.338 e. The molecule has 0 radical (unpaired) electrons. The van der Waals surface area contributed by atoms with Gasteiger partial charge in [-0.1, -0.05) is 13.0 Å². The van der Waals surface area contributed by atoms with Gasteiger partial charge in [0.2, 0.25) is 5.82 Å². The molecular weight excluding hydrogens is 372 g/mol. The number of pyridine rings is 1. The molecule has 29 heavy (non-hydrogen) atoms. The third-order valence-corrected chi connectivity index (χ3v) is 4.16. The molecule has 0 unspecified atom stereocenters. The van der Waals surface area contributed by atoms with Gasteiger partial charge in [0.1, 0.15) is 0 Å². The molecule has 8 nitrogen and oxygen atoms in total. The van der Waals surface area contributed by atoms with Gasteiger partial charge >= 0.3 is 5.97 Å². The molecular formula is C21H22N4O4. The maximum atomic E-state index is 12.8. The lowest BCUT2D eigenvalue weighted by Crippen LogP contribution is -2.24. The normalized spacial score (nSPS) is 10.6. The monoisotopic (exact) mass is 394 g/mol. The lowest BCUT2D eigenvalue weighted by Gasteiger charge is -2.06. The van der Waals surface area contributed by atoms with E-state index in [1.165, 1.54) is 0 Å². The first kappa shape index (κ1) is 20.1. The fourth-order valence-electron chi connectivity index (χ4n) is 2.78. The molecule has 8 heteroatoms. The van der Waals surface area contributed by atoms with Crippen LogP contribution < -0.4 is 10.6 Å². The number of hydrogen-bond acceptors (Lipinski definition) is 5. The fraction of sp³-hybridized carbons (Fsp3) is 0.238. The summed E-state index contributed by atoms with van der Waals surface area (Å²) < 4.78 is 6.51. The molecule has 0 aliphatic rings. The average molecular weight is 394 g/mol. The molecule has 0 atom stereocenters. The van der Waals surface area contributed by atoms with Gasteiger partial charge in [-0.2, -0.15) is 0 Å². The minimum Gasteiger partial charge on any atom is -0.462 e. The number of hydrogen-bond donors (Lipinski definition) is 2. The summed E-state index contributed by atoms with van der Waals surface area (Å²) >= 11 is 0. The molecule has 0 aliphatic heterocycles. The van der Waals surface area contributed by atoms with Crippen LogP contribution in [0.1, 0.15) is 51.7 Å². The van der Waals surface area contributed by atoms with E-state index in [0.29, 0.717) is 29.9 Å². The van der Waals surface area contributed by atoms with Gasteiger partial charge in [0.25, 0.3) is 11.8 Å². The lowest BCUT2D eigenvalue weighted by molar-refractivity contribution is 0.0526. The Kier molecular flexibility index (Phi) is 6.23. The van der Waals surface area contributed by atoms with Crippen molar-refractivity contribution in [3.63, 3.8) is 0 Å². The molecule has 0 saturated carbocycles. The Bertz CT molecular complexity index is 1040. The van der Waals surface area contributed by atoms with E-state index in [2.05, 4.69) is 15.6 Å². The van der Waals surface area contributed by atoms with Crippen LogP contribution in [0.2, 0.25) is 0 Å². The van der Waals surface area contributed by atoms with Crippen molar-refractivity contribution in [3.8, 4) is 0 Å². The number of esters is 1. The lowest BCUT2D eigenvalue weighted by atomic mass is 10.2. The van der Waals surface area contributed by atoms with Crippen molar-refractivity contribution in [2.45, 2.75) is 20.3 Å². The molecule has 3 rings (SSSR count). The number of nitrogens with one attached hydrogen (secondary N) is 2. The summed E-state index contributed by atoms with van der Waals surface area (Å²) in [7, 11) is 0. The molecule has 2 aromatic heterocycles. The second-order valence-corrected chi connectivity index (χ2v) is 6.25. The van der Waals surface area contributed by atoms with E-state index in [1.54, 1.807) is 60.0 Å². The first-order valence-electron chi connectivity index (χ1n) is 9.39. The van der Waals surface area contributed by atoms with Crippen molar-refractivity contribution < 1.29 is 19.1 Å². The highest BCUT2D eigenvalue weighted by Crippen LogP contribution is 2.16. The number of ether oxygens (including phenoxy) is 1. The molecule has 2 heterocycles. The summed E-state index contributed by atoms with van der Waals surface area (Å²) in [6.07, 6.45) is 2.48. The second-order valence-electron chi connectivity index (χ2n) is 6.25. The van der Waals surface area contributed by atoms with Crippen LogP contribution in [0.5, 0.6) is 0 Å². The minimum absolute atomic E-state index is 0.0942. The van der Waals surface area contributed by atoms with Crippen LogP contribution in [0.3, 0.4) is 0 Å². The van der Waals surface area contributed by atoms with E-state index in [4.69, 9.17) is 4.74 Å². The van der Waals surface area contributed by atoms with Crippen LogP contribution in [0.25, 0.3) is 5.52 Å². The standard InChI is InChI=1S/C21H22N4O4/c1-3-12-22-19(26)17-16-7-5-6-13-25(16)18(24-17)20(27)23-15-10-8-14(9-11-15)21(28)29-4-2/h5-11,13H,3-4,12H2,1-2H3,(H,22,26)(H,23,27). The van der Waals surface area contributed by atoms with Gasteiger partial charge in [0.15, 0.2) is 5.69 Å². The Morgan fingerprint density at radius 3 is 2.48 bits per heavy atom. The van der Waals surface area contributed by atoms with E-state index in [9.17, 15) is 14.4 Å². The van der Waals surface area contributed by atoms with Crippen molar-refractivity contribution in [3.05, 3.63) is 65.7 Å². The topological polar surface area (TPSA) is 102 Å². The highest BCUT2D eigenvalue weighted by Gasteiger charge is 2.21. The highest BCUT2D eigenvalue weighted by atomic mass is 16.5. The quantitative estimate of drug-likeness (QED) is 0.600. The summed E-state index contributed by atoms with van der Waals surface area (Å²) in [6.45, 7) is 4.51. The number of amides is 2. The number of fused-ring (bicyclic) bond motifs is 1. The first-order chi connectivity index (χ1) is 14.0. The summed E-state index contributed by atoms with van der Waals surface area (Å²) in [4.78, 5) is 41.2. The molecule has 3 aromatic rings. The van der Waals surface area contributed by atoms with E-state index in [0.717, 1.165) is 6.42 Å². The first-order valence-corrected chi connectivity index (χ1v) is 9.39. The van der Waals surface area contributed by atoms with Crippen LogP contribution in [0.15, 0.2) is 48.7 Å². The van der Waals surface area contributed by atoms with E-state index in [1.807, 2.05) is 6.92 Å². The largest absolute Gasteiger partial charge is 0.462 e. The predicted octanol–water partition coefficient (Wildman–Crippen LogP) is 2.90. The van der Waals surface area contributed by atoms with E-state index >= 15 is 0 Å². The second kappa shape index (κ2) is 9.01. The van der Waals surface area contributed by atoms with Crippen LogP contribution in [0.4, 0.5) is 5.69 Å². The Morgan fingerprint density at radius 1 is 1.03 bits per heavy atom. The Hall–Kier alpha value is -3.68. The third kappa shape index (κ3) is 4.43. The Labute approximate surface area is 167 Å². The number of anilines is 1. The van der Waals surface area contributed by atoms with Crippen LogP contribution in [0, 0.1) is 0 Å². The maximum absolute atomic E-state index is 12.8. The van der Waals surface area contributed by atoms with Crippen molar-refractivity contribution in [2.75, 3.05) is 18.5 Å². The molecule has 2 amide bonds. The zero-order valence-electron chi connectivity index (χ0n) is 16.3. The molecule has 150 valence electrons. The summed E-state index contributed by atoms with van der Waals surface area (Å²) in [5.41, 5.74) is 1.63. The zero-order valence-corrected chi connectivity index (χ0v) is 16.3. The van der Waals surface area contributed by atoms with Gasteiger partial charge in [-0.05, 0) is 49.7 Å². The van der Waals surface area contributed by atoms with Crippen LogP contribution >= 0.6 is 0 Å². The molecule has 1 aromatic carbocycles. The van der Waals surface area contributed by atoms with Gasteiger partial charge in [0, 0.05) is 18.4 Å². The van der Waals surface area contributed by atoms with Gasteiger partial charge in [0.05, 0.1) is 17.7 Å². The van der Waals surface area contributed by atoms with Gasteiger partial charge < -0.3 is 15.4 Å². The van der Waals surface area contributed by atoms with Crippen molar-refractivity contribution in [1.29, 1.82) is 0 Å². The Balaban J connectivity index is 1.84. The number of imidazole rings is 1. The summed E-state index contributed by atoms with van der Waals surface area (Å²) in [6, 6.07) is 11.6. The third-order valence-electron chi connectivity index (χ3n) is 4.16. The van der Waals surface area contributed by atoms with E-state index in [-0.39, 0.29) is 17.4 Å². The smallest absolute Gasteiger partial charge is 0.338 e. The fourth-order valence-corrected chi connectivity index (χ4v) is 2.78. The molecule has 0 spiro atoms. The van der Waals surface area contributed by atoms with Gasteiger partial charge in [-0.25, -0.2) is 9.78 Å². The molecule has 0 aliphatic carbocycles. The van der Waals surface area contributed by atoms with Crippen LogP contribution in [-0.2, 0) is 4.74 Å². The SMILES string of the molecule is CCCNC(=O)c1nc(C(=O)Nc2ccc(C(=O)OCC)cc2)n2ccccc12. The van der Waals surface area contributed by atoms with Crippen molar-refractivity contribution in [2.24, 2.45) is 0 Å². The summed E-state index contributed by atoms with van der Waals surface area (Å²) in [5, 5.41) is 5.52. The van der Waals surface area contributed by atoms with Crippen molar-refractivity contribution >= 4 is 29.0 Å². The number of rotatable bonds is 7. The average Bonchev–Trinajstić information content (AvgIpc) is 3.12. The van der Waals surface area contributed by atoms with Gasteiger partial charge in [-0.3, -0.25) is 14.0 Å². The highest BCUT2D eigenvalue weighted by molar-refractivity contribution is 6.06. The van der Waals surface area contributed by atoms with E-state index < -0.39 is 11.9 Å². The van der Waals surface area contributed by atoms with Crippen molar-refractivity contribution in [1.82, 2.24) is 14.7 Å². The van der Waals surface area contributed by atoms with Crippen LogP contribution in [-0.4, -0.2) is 40.3 Å². The number of carbonyl (C=O) groups is 3. The molecule has 2 N–H and O–H groups in total. The molecule has 0 fully saturated rings. The predicted molar refractivity (Wildman–Crippen MR) is 108 cm³/mol. The zero-order chi connectivity index (χ0) is 20.8. The number of nitrogens with zero attached hydrogens (tertiary/aromatic N) is 2. The minimum atomic E-state index is -0.468. The molecule has 0 bridgehead atoms. The number of aromatic nitrogens is 2. The summed E-state index contributed by atoms with van der Waals surface area (Å²) in [5.74, 6) is -1.12. The number of benzene rings is 1. The molecule has 0 saturated heterocycles.